The van der Waals surface area contributed by atoms with Crippen molar-refractivity contribution in [2.24, 2.45) is 5.92 Å². The molecule has 0 aromatic heterocycles. The van der Waals surface area contributed by atoms with Gasteiger partial charge in [0.05, 0.1) is 5.75 Å². The fourth-order valence-corrected chi connectivity index (χ4v) is 5.56. The van der Waals surface area contributed by atoms with Crippen molar-refractivity contribution < 1.29 is 18.3 Å². The first-order valence-corrected chi connectivity index (χ1v) is 12.6. The van der Waals surface area contributed by atoms with Crippen LogP contribution in [0.25, 0.3) is 0 Å². The predicted octanol–water partition coefficient (Wildman–Crippen LogP) is 2.32. The average molecular weight is 460 g/mol. The van der Waals surface area contributed by atoms with Crippen molar-refractivity contribution in [3.63, 3.8) is 0 Å². The zero-order chi connectivity index (χ0) is 23.1. The van der Waals surface area contributed by atoms with Gasteiger partial charge >= 0.3 is 0 Å². The number of rotatable bonds is 9. The van der Waals surface area contributed by atoms with Crippen LogP contribution in [0, 0.1) is 5.92 Å². The molecule has 0 atom stereocenters. The fourth-order valence-electron chi connectivity index (χ4n) is 3.89. The van der Waals surface area contributed by atoms with Gasteiger partial charge in [-0.1, -0.05) is 56.3 Å². The fraction of sp³-hybridized carbons (Fsp3) is 0.458. The van der Waals surface area contributed by atoms with Crippen LogP contribution < -0.4 is 4.90 Å². The van der Waals surface area contributed by atoms with Crippen molar-refractivity contribution in [3.8, 4) is 0 Å². The summed E-state index contributed by atoms with van der Waals surface area (Å²) in [6, 6.07) is 17.3. The van der Waals surface area contributed by atoms with E-state index in [9.17, 15) is 13.2 Å². The summed E-state index contributed by atoms with van der Waals surface area (Å²) in [6.45, 7) is 6.98. The number of carbonyl (C=O) groups is 1. The highest BCUT2D eigenvalue weighted by Gasteiger charge is 2.24. The molecule has 2 aromatic rings. The van der Waals surface area contributed by atoms with E-state index in [4.69, 9.17) is 5.11 Å². The van der Waals surface area contributed by atoms with Crippen LogP contribution in [0.3, 0.4) is 0 Å². The van der Waals surface area contributed by atoms with E-state index in [1.165, 1.54) is 0 Å². The number of hydrogen-bond acceptors (Lipinski definition) is 5. The Kier molecular flexibility index (Phi) is 8.28. The van der Waals surface area contributed by atoms with Gasteiger partial charge in [-0.05, 0) is 29.2 Å². The summed E-state index contributed by atoms with van der Waals surface area (Å²) in [6.07, 6.45) is 0. The number of nitrogens with zero attached hydrogens (tertiary/aromatic N) is 3. The zero-order valence-electron chi connectivity index (χ0n) is 18.9. The van der Waals surface area contributed by atoms with E-state index in [2.05, 4.69) is 4.90 Å². The minimum atomic E-state index is -3.45. The molecule has 7 nitrogen and oxygen atoms in total. The van der Waals surface area contributed by atoms with Crippen molar-refractivity contribution in [2.45, 2.75) is 26.1 Å². The molecule has 0 spiro atoms. The maximum absolute atomic E-state index is 13.1. The highest BCUT2D eigenvalue weighted by Crippen LogP contribution is 2.21. The lowest BCUT2D eigenvalue weighted by Crippen LogP contribution is -2.49. The van der Waals surface area contributed by atoms with Crippen LogP contribution in [-0.2, 0) is 27.1 Å². The number of benzene rings is 2. The van der Waals surface area contributed by atoms with Crippen molar-refractivity contribution in [2.75, 3.05) is 44.2 Å². The summed E-state index contributed by atoms with van der Waals surface area (Å²) in [5.41, 5.74) is 2.78. The van der Waals surface area contributed by atoms with Crippen molar-refractivity contribution in [1.29, 1.82) is 0 Å². The zero-order valence-corrected chi connectivity index (χ0v) is 19.7. The number of amides is 1. The number of hydrogen-bond donors (Lipinski definition) is 1. The third-order valence-electron chi connectivity index (χ3n) is 5.58. The second kappa shape index (κ2) is 10.9. The Morgan fingerprint density at radius 3 is 2.16 bits per heavy atom. The van der Waals surface area contributed by atoms with Crippen molar-refractivity contribution in [1.82, 2.24) is 9.21 Å². The summed E-state index contributed by atoms with van der Waals surface area (Å²) in [7, 11) is -3.45. The monoisotopic (exact) mass is 459 g/mol. The lowest BCUT2D eigenvalue weighted by atomic mass is 10.1. The first-order valence-electron chi connectivity index (χ1n) is 11.0. The number of sulfonamides is 1. The van der Waals surface area contributed by atoms with Crippen LogP contribution >= 0.6 is 0 Å². The Morgan fingerprint density at radius 2 is 1.59 bits per heavy atom. The topological polar surface area (TPSA) is 81.2 Å². The molecule has 1 fully saturated rings. The van der Waals surface area contributed by atoms with Gasteiger partial charge in [-0.25, -0.2) is 8.42 Å². The van der Waals surface area contributed by atoms with Crippen LogP contribution in [0.2, 0.25) is 0 Å². The van der Waals surface area contributed by atoms with E-state index in [1.807, 2.05) is 68.4 Å². The third-order valence-corrected chi connectivity index (χ3v) is 7.35. The Hall–Kier alpha value is -2.42. The Labute approximate surface area is 191 Å². The second-order valence-corrected chi connectivity index (χ2v) is 10.6. The molecule has 174 valence electrons. The minimum absolute atomic E-state index is 0.00448. The molecule has 0 bridgehead atoms. The molecule has 1 aliphatic heterocycles. The van der Waals surface area contributed by atoms with E-state index in [-0.39, 0.29) is 17.6 Å². The molecule has 0 aliphatic carbocycles. The summed E-state index contributed by atoms with van der Waals surface area (Å²) >= 11 is 0. The Bertz CT molecular complexity index is 970. The largest absolute Gasteiger partial charge is 0.387 e. The molecule has 1 amide bonds. The molecule has 0 radical (unpaired) electrons. The maximum Gasteiger partial charge on any atom is 0.248 e. The van der Waals surface area contributed by atoms with Gasteiger partial charge in [0.1, 0.15) is 6.61 Å². The molecule has 1 N–H and O–H groups in total. The first kappa shape index (κ1) is 24.2. The number of anilines is 1. The van der Waals surface area contributed by atoms with Crippen LogP contribution in [-0.4, -0.2) is 68.0 Å². The summed E-state index contributed by atoms with van der Waals surface area (Å²) in [5.74, 6) is -0.0186. The summed E-state index contributed by atoms with van der Waals surface area (Å²) in [5, 5.41) is 9.02. The molecule has 1 saturated heterocycles. The number of carbonyl (C=O) groups excluding carboxylic acids is 1. The number of piperazine rings is 1. The molecular weight excluding hydrogens is 426 g/mol. The van der Waals surface area contributed by atoms with Gasteiger partial charge in [0, 0.05) is 45.0 Å². The van der Waals surface area contributed by atoms with Crippen LogP contribution in [0.5, 0.6) is 0 Å². The quantitative estimate of drug-likeness (QED) is 0.622. The van der Waals surface area contributed by atoms with Crippen LogP contribution in [0.1, 0.15) is 25.0 Å². The molecule has 3 rings (SSSR count). The lowest BCUT2D eigenvalue weighted by Gasteiger charge is -2.36. The smallest absolute Gasteiger partial charge is 0.248 e. The van der Waals surface area contributed by atoms with E-state index < -0.39 is 16.6 Å². The van der Waals surface area contributed by atoms with Crippen LogP contribution in [0.4, 0.5) is 5.69 Å². The highest BCUT2D eigenvalue weighted by molar-refractivity contribution is 7.88. The molecule has 2 aromatic carbocycles. The predicted molar refractivity (Wildman–Crippen MR) is 127 cm³/mol. The van der Waals surface area contributed by atoms with Gasteiger partial charge < -0.3 is 14.9 Å². The van der Waals surface area contributed by atoms with E-state index in [0.717, 1.165) is 16.8 Å². The number of aliphatic hydroxyl groups is 1. The standard InChI is InChI=1S/C24H33N3O4S/c1-20(2)16-27(32(30,31)19-22-6-4-3-5-7-22)17-21-8-10-23(11-9-21)25-12-14-26(15-13-25)24(29)18-28/h3-11,20,28H,12-19H2,1-2H3. The van der Waals surface area contributed by atoms with Crippen LogP contribution in [0.15, 0.2) is 54.6 Å². The van der Waals surface area contributed by atoms with E-state index >= 15 is 0 Å². The van der Waals surface area contributed by atoms with Gasteiger partial charge in [0.25, 0.3) is 0 Å². The van der Waals surface area contributed by atoms with Gasteiger partial charge in [0.15, 0.2) is 0 Å². The van der Waals surface area contributed by atoms with E-state index in [0.29, 0.717) is 39.3 Å². The van der Waals surface area contributed by atoms with E-state index in [1.54, 1.807) is 9.21 Å². The molecule has 0 unspecified atom stereocenters. The molecule has 0 saturated carbocycles. The number of aliphatic hydroxyl groups excluding tert-OH is 1. The lowest BCUT2D eigenvalue weighted by molar-refractivity contribution is -0.134. The van der Waals surface area contributed by atoms with Gasteiger partial charge in [0.2, 0.25) is 15.9 Å². The minimum Gasteiger partial charge on any atom is -0.387 e. The molecule has 1 heterocycles. The molecule has 8 heteroatoms. The van der Waals surface area contributed by atoms with Gasteiger partial charge in [-0.3, -0.25) is 4.79 Å². The Balaban J connectivity index is 1.66. The second-order valence-electron chi connectivity index (χ2n) is 8.62. The van der Waals surface area contributed by atoms with Crippen molar-refractivity contribution in [3.05, 3.63) is 65.7 Å². The van der Waals surface area contributed by atoms with Gasteiger partial charge in [-0.15, -0.1) is 0 Å². The third kappa shape index (κ3) is 6.54. The molecule has 32 heavy (non-hydrogen) atoms. The average Bonchev–Trinajstić information content (AvgIpc) is 2.79. The summed E-state index contributed by atoms with van der Waals surface area (Å²) < 4.78 is 27.8. The maximum atomic E-state index is 13.1. The SMILES string of the molecule is CC(C)CN(Cc1ccc(N2CCN(C(=O)CO)CC2)cc1)S(=O)(=O)Cc1ccccc1. The highest BCUT2D eigenvalue weighted by atomic mass is 32.2. The first-order chi connectivity index (χ1) is 15.3. The Morgan fingerprint density at radius 1 is 0.969 bits per heavy atom. The molecular formula is C24H33N3O4S. The van der Waals surface area contributed by atoms with Gasteiger partial charge in [-0.2, -0.15) is 4.31 Å². The van der Waals surface area contributed by atoms with Crippen molar-refractivity contribution >= 4 is 21.6 Å². The normalized spacial score (nSPS) is 14.9. The molecule has 1 aliphatic rings. The summed E-state index contributed by atoms with van der Waals surface area (Å²) in [4.78, 5) is 15.5.